The number of anilines is 2. The molecule has 1 N–H and O–H groups in total. The average molecular weight is 561 g/mol. The molecule has 1 aliphatic heterocycles. The number of alkyl halides is 2. The van der Waals surface area contributed by atoms with Gasteiger partial charge in [0.1, 0.15) is 17.0 Å². The Morgan fingerprint density at radius 2 is 1.95 bits per heavy atom. The van der Waals surface area contributed by atoms with Crippen molar-refractivity contribution in [2.24, 2.45) is 4.36 Å². The molecule has 1 saturated heterocycles. The van der Waals surface area contributed by atoms with Crippen LogP contribution in [0.1, 0.15) is 50.4 Å². The Kier molecular flexibility index (Phi) is 8.43. The zero-order valence-electron chi connectivity index (χ0n) is 20.8. The summed E-state index contributed by atoms with van der Waals surface area (Å²) < 4.78 is 64.6. The Morgan fingerprint density at radius 3 is 2.62 bits per heavy atom. The Bertz CT molecular complexity index is 1320. The number of amides is 2. The maximum Gasteiger partial charge on any atom is 0.442 e. The number of carbonyl (C=O) groups excluding carboxylic acids is 2. The van der Waals surface area contributed by atoms with E-state index in [2.05, 4.69) is 14.7 Å². The van der Waals surface area contributed by atoms with Gasteiger partial charge in [0.05, 0.1) is 20.9 Å². The first-order chi connectivity index (χ1) is 17.1. The monoisotopic (exact) mass is 560 g/mol. The summed E-state index contributed by atoms with van der Waals surface area (Å²) in [5.74, 6) is -4.94. The number of hydrogen-bond acceptors (Lipinski definition) is 6. The van der Waals surface area contributed by atoms with E-state index in [4.69, 9.17) is 16.3 Å². The van der Waals surface area contributed by atoms with E-state index >= 15 is 4.39 Å². The molecular weight excluding hydrogens is 533 g/mol. The quantitative estimate of drug-likeness (QED) is 0.482. The fraction of sp³-hybridized carbons (Fsp3) is 0.458. The maximum absolute atomic E-state index is 15.1. The summed E-state index contributed by atoms with van der Waals surface area (Å²) in [7, 11) is -3.25. The molecule has 1 aliphatic rings. The molecule has 2 heterocycles. The third kappa shape index (κ3) is 7.57. The predicted octanol–water partition coefficient (Wildman–Crippen LogP) is 6.14. The minimum atomic E-state index is -3.25. The summed E-state index contributed by atoms with van der Waals surface area (Å²) in [5, 5.41) is 2.10. The summed E-state index contributed by atoms with van der Waals surface area (Å²) in [6.45, 7) is 4.96. The van der Waals surface area contributed by atoms with Crippen LogP contribution in [0.3, 0.4) is 0 Å². The molecule has 1 fully saturated rings. The van der Waals surface area contributed by atoms with Gasteiger partial charge in [0.25, 0.3) is 5.91 Å². The Balaban J connectivity index is 1.91. The van der Waals surface area contributed by atoms with E-state index in [9.17, 15) is 22.6 Å². The lowest BCUT2D eigenvalue weighted by atomic mass is 10.1. The van der Waals surface area contributed by atoms with Crippen molar-refractivity contribution < 1.29 is 31.7 Å². The van der Waals surface area contributed by atoms with Crippen molar-refractivity contribution in [2.45, 2.75) is 56.5 Å². The largest absolute Gasteiger partial charge is 0.442 e. The number of halogens is 4. The first-order valence-electron chi connectivity index (χ1n) is 11.4. The Hall–Kier alpha value is -2.86. The summed E-state index contributed by atoms with van der Waals surface area (Å²) in [6, 6.07) is 5.72. The molecule has 2 aromatic rings. The van der Waals surface area contributed by atoms with E-state index in [0.29, 0.717) is 0 Å². The molecule has 2 amide bonds. The minimum absolute atomic E-state index is 0.104. The van der Waals surface area contributed by atoms with Gasteiger partial charge in [0, 0.05) is 42.8 Å². The minimum Gasteiger partial charge on any atom is -0.442 e. The van der Waals surface area contributed by atoms with Crippen LogP contribution >= 0.6 is 11.6 Å². The van der Waals surface area contributed by atoms with Crippen LogP contribution in [0.25, 0.3) is 0 Å². The van der Waals surface area contributed by atoms with Crippen LogP contribution in [0.4, 0.5) is 29.5 Å². The van der Waals surface area contributed by atoms with Crippen LogP contribution in [0.15, 0.2) is 39.7 Å². The van der Waals surface area contributed by atoms with E-state index in [1.807, 2.05) is 0 Å². The number of pyridine rings is 1. The molecule has 37 heavy (non-hydrogen) atoms. The standard InChI is InChI=1S/C24H28ClF3N4O4S/c1-23(2,3)36-22(34)31-37(4,35)16-8-5-7-15(13-16)30-21(33)18-19(26)17(25)14-29-20(18)32-11-6-9-24(27,28)10-12-32/h5,7-8,13-14H,6,9-12H2,1-4H3,(H,30,33)/t37-/m1/s1. The van der Waals surface area contributed by atoms with E-state index in [0.717, 1.165) is 6.20 Å². The van der Waals surface area contributed by atoms with Crippen molar-refractivity contribution in [3.8, 4) is 0 Å². The van der Waals surface area contributed by atoms with Crippen molar-refractivity contribution in [3.05, 3.63) is 46.9 Å². The number of nitrogens with zero attached hydrogens (tertiary/aromatic N) is 3. The molecule has 1 aromatic carbocycles. The third-order valence-corrected chi connectivity index (χ3v) is 7.26. The molecule has 3 rings (SSSR count). The lowest BCUT2D eigenvalue weighted by Gasteiger charge is -2.24. The van der Waals surface area contributed by atoms with Crippen LogP contribution < -0.4 is 10.2 Å². The number of aromatic nitrogens is 1. The molecule has 0 aliphatic carbocycles. The van der Waals surface area contributed by atoms with Crippen molar-refractivity contribution in [3.63, 3.8) is 0 Å². The highest BCUT2D eigenvalue weighted by atomic mass is 35.5. The number of ether oxygens (including phenoxy) is 1. The van der Waals surface area contributed by atoms with Gasteiger partial charge in [-0.15, -0.1) is 4.36 Å². The number of hydrogen-bond donors (Lipinski definition) is 1. The molecule has 13 heteroatoms. The number of carbonyl (C=O) groups is 2. The van der Waals surface area contributed by atoms with Crippen molar-refractivity contribution in [1.82, 2.24) is 4.98 Å². The van der Waals surface area contributed by atoms with Gasteiger partial charge in [-0.3, -0.25) is 4.79 Å². The van der Waals surface area contributed by atoms with Gasteiger partial charge < -0.3 is 15.0 Å². The molecule has 1 atom stereocenters. The van der Waals surface area contributed by atoms with Gasteiger partial charge in [-0.1, -0.05) is 17.7 Å². The second-order valence-corrected chi connectivity index (χ2v) is 12.3. The molecule has 1 aromatic heterocycles. The normalized spacial score (nSPS) is 17.4. The number of benzene rings is 1. The first-order valence-corrected chi connectivity index (χ1v) is 13.7. The lowest BCUT2D eigenvalue weighted by molar-refractivity contribution is -0.0102. The second-order valence-electron chi connectivity index (χ2n) is 9.67. The highest BCUT2D eigenvalue weighted by Gasteiger charge is 2.34. The van der Waals surface area contributed by atoms with Crippen molar-refractivity contribution in [1.29, 1.82) is 0 Å². The topological polar surface area (TPSA) is 101 Å². The summed E-state index contributed by atoms with van der Waals surface area (Å²) in [5.41, 5.74) is -1.20. The molecule has 8 nitrogen and oxygen atoms in total. The van der Waals surface area contributed by atoms with Gasteiger partial charge in [0.2, 0.25) is 5.92 Å². The van der Waals surface area contributed by atoms with E-state index < -0.39 is 56.1 Å². The number of nitrogens with one attached hydrogen (secondary N) is 1. The van der Waals surface area contributed by atoms with Gasteiger partial charge in [-0.2, -0.15) is 0 Å². The summed E-state index contributed by atoms with van der Waals surface area (Å²) in [4.78, 5) is 30.9. The highest BCUT2D eigenvalue weighted by molar-refractivity contribution is 7.93. The first kappa shape index (κ1) is 28.7. The summed E-state index contributed by atoms with van der Waals surface area (Å²) >= 11 is 5.88. The summed E-state index contributed by atoms with van der Waals surface area (Å²) in [6.07, 6.45) is 0.609. The van der Waals surface area contributed by atoms with Crippen LogP contribution in [0.5, 0.6) is 0 Å². The van der Waals surface area contributed by atoms with Gasteiger partial charge in [0.15, 0.2) is 5.82 Å². The maximum atomic E-state index is 15.1. The van der Waals surface area contributed by atoms with Crippen LogP contribution in [0, 0.1) is 5.82 Å². The Labute approximate surface area is 218 Å². The molecule has 0 radical (unpaired) electrons. The zero-order chi connectivity index (χ0) is 27.6. The van der Waals surface area contributed by atoms with Crippen molar-refractivity contribution >= 4 is 44.8 Å². The van der Waals surface area contributed by atoms with Gasteiger partial charge in [-0.05, 0) is 45.4 Å². The van der Waals surface area contributed by atoms with E-state index in [-0.39, 0.29) is 42.3 Å². The van der Waals surface area contributed by atoms with Gasteiger partial charge >= 0.3 is 6.09 Å². The van der Waals surface area contributed by atoms with Crippen molar-refractivity contribution in [2.75, 3.05) is 29.6 Å². The molecule has 0 spiro atoms. The molecule has 0 unspecified atom stereocenters. The predicted molar refractivity (Wildman–Crippen MR) is 136 cm³/mol. The highest BCUT2D eigenvalue weighted by Crippen LogP contribution is 2.33. The zero-order valence-corrected chi connectivity index (χ0v) is 22.4. The van der Waals surface area contributed by atoms with Crippen LogP contribution in [-0.2, 0) is 14.5 Å². The average Bonchev–Trinajstić information content (AvgIpc) is 2.94. The van der Waals surface area contributed by atoms with Crippen LogP contribution in [-0.4, -0.2) is 52.1 Å². The number of rotatable bonds is 4. The van der Waals surface area contributed by atoms with Crippen LogP contribution in [0.2, 0.25) is 5.02 Å². The Morgan fingerprint density at radius 1 is 1.24 bits per heavy atom. The molecule has 0 bridgehead atoms. The molecule has 0 saturated carbocycles. The molecule has 202 valence electrons. The lowest BCUT2D eigenvalue weighted by Crippen LogP contribution is -2.30. The fourth-order valence-electron chi connectivity index (χ4n) is 3.65. The SMILES string of the molecule is CC(C)(C)OC(=O)N=[S@](C)(=O)c1cccc(NC(=O)c2c(N3CCCC(F)(F)CC3)ncc(Cl)c2F)c1. The smallest absolute Gasteiger partial charge is 0.442 e. The fourth-order valence-corrected chi connectivity index (χ4v) is 4.90. The second kappa shape index (κ2) is 10.9. The van der Waals surface area contributed by atoms with E-state index in [1.165, 1.54) is 35.4 Å². The van der Waals surface area contributed by atoms with E-state index in [1.54, 1.807) is 20.8 Å². The van der Waals surface area contributed by atoms with Gasteiger partial charge in [-0.25, -0.2) is 27.2 Å². The third-order valence-electron chi connectivity index (χ3n) is 5.37. The molecular formula is C24H28ClF3N4O4S.